The van der Waals surface area contributed by atoms with Gasteiger partial charge in [0.05, 0.1) is 0 Å². The van der Waals surface area contributed by atoms with Gasteiger partial charge in [-0.1, -0.05) is 73.9 Å². The van der Waals surface area contributed by atoms with E-state index in [1.165, 1.54) is 6.42 Å². The van der Waals surface area contributed by atoms with E-state index in [9.17, 15) is 9.90 Å². The average molecular weight is 336 g/mol. The lowest BCUT2D eigenvalue weighted by atomic mass is 9.78. The molecule has 2 N–H and O–H groups in total. The Kier molecular flexibility index (Phi) is 8.53. The number of benzene rings is 1. The zero-order valence-electron chi connectivity index (χ0n) is 17.1. The summed E-state index contributed by atoms with van der Waals surface area (Å²) < 4.78 is 0. The highest BCUT2D eigenvalue weighted by Crippen LogP contribution is 2.39. The SMILES string of the molecule is CCC.CNC(=O)CCc1cc(C(C)(C)C)c(O)c(C(C)(C)C)c1. The first-order valence-corrected chi connectivity index (χ1v) is 8.95. The van der Waals surface area contributed by atoms with Crippen LogP contribution in [-0.2, 0) is 22.0 Å². The molecule has 0 fully saturated rings. The van der Waals surface area contributed by atoms with Crippen LogP contribution in [0.5, 0.6) is 5.75 Å². The minimum Gasteiger partial charge on any atom is -0.507 e. The third kappa shape index (κ3) is 6.94. The molecule has 1 amide bonds. The number of nitrogens with one attached hydrogen (secondary N) is 1. The molecule has 0 aliphatic carbocycles. The maximum atomic E-state index is 11.5. The van der Waals surface area contributed by atoms with Gasteiger partial charge in [0, 0.05) is 13.5 Å². The highest BCUT2D eigenvalue weighted by molar-refractivity contribution is 5.75. The van der Waals surface area contributed by atoms with Crippen LogP contribution in [0.2, 0.25) is 0 Å². The molecule has 1 aromatic carbocycles. The van der Waals surface area contributed by atoms with Crippen molar-refractivity contribution < 1.29 is 9.90 Å². The average Bonchev–Trinajstić information content (AvgIpc) is 2.44. The molecule has 24 heavy (non-hydrogen) atoms. The number of carbonyl (C=O) groups is 1. The summed E-state index contributed by atoms with van der Waals surface area (Å²) in [6.07, 6.45) is 2.40. The van der Waals surface area contributed by atoms with Gasteiger partial charge in [-0.25, -0.2) is 0 Å². The molecule has 0 radical (unpaired) electrons. The van der Waals surface area contributed by atoms with Crippen molar-refractivity contribution in [2.24, 2.45) is 0 Å². The molecular formula is C21H37NO2. The van der Waals surface area contributed by atoms with Gasteiger partial charge in [0.1, 0.15) is 5.75 Å². The molecule has 138 valence electrons. The second-order valence-corrected chi connectivity index (χ2v) is 8.42. The van der Waals surface area contributed by atoms with E-state index in [0.29, 0.717) is 18.6 Å². The summed E-state index contributed by atoms with van der Waals surface area (Å²) in [7, 11) is 1.65. The first-order valence-electron chi connectivity index (χ1n) is 8.95. The van der Waals surface area contributed by atoms with E-state index in [4.69, 9.17) is 0 Å². The van der Waals surface area contributed by atoms with Crippen LogP contribution < -0.4 is 5.32 Å². The van der Waals surface area contributed by atoms with E-state index in [1.54, 1.807) is 7.05 Å². The third-order valence-corrected chi connectivity index (χ3v) is 3.71. The minimum atomic E-state index is -0.132. The molecule has 1 aromatic rings. The van der Waals surface area contributed by atoms with Crippen LogP contribution in [0.3, 0.4) is 0 Å². The van der Waals surface area contributed by atoms with Crippen LogP contribution in [0.25, 0.3) is 0 Å². The lowest BCUT2D eigenvalue weighted by Crippen LogP contribution is -2.20. The van der Waals surface area contributed by atoms with E-state index < -0.39 is 0 Å². The summed E-state index contributed by atoms with van der Waals surface area (Å²) in [6.45, 7) is 16.8. The van der Waals surface area contributed by atoms with Crippen LogP contribution in [0.15, 0.2) is 12.1 Å². The number of aromatic hydroxyl groups is 1. The summed E-state index contributed by atoms with van der Waals surface area (Å²) in [6, 6.07) is 4.07. The van der Waals surface area contributed by atoms with Gasteiger partial charge in [-0.3, -0.25) is 4.79 Å². The lowest BCUT2D eigenvalue weighted by molar-refractivity contribution is -0.120. The molecule has 1 rings (SSSR count). The molecule has 0 aromatic heterocycles. The number of phenols is 1. The maximum Gasteiger partial charge on any atom is 0.220 e. The van der Waals surface area contributed by atoms with Crippen molar-refractivity contribution in [2.45, 2.75) is 85.5 Å². The maximum absolute atomic E-state index is 11.5. The first-order chi connectivity index (χ1) is 10.9. The van der Waals surface area contributed by atoms with E-state index in [2.05, 4.69) is 60.7 Å². The Bertz CT molecular complexity index is 499. The Balaban J connectivity index is 0.00000163. The summed E-state index contributed by atoms with van der Waals surface area (Å²) in [5.41, 5.74) is 2.73. The monoisotopic (exact) mass is 335 g/mol. The van der Waals surface area contributed by atoms with Gasteiger partial charge >= 0.3 is 0 Å². The fourth-order valence-corrected chi connectivity index (χ4v) is 2.36. The quantitative estimate of drug-likeness (QED) is 0.809. The fraction of sp³-hybridized carbons (Fsp3) is 0.667. The smallest absolute Gasteiger partial charge is 0.220 e. The van der Waals surface area contributed by atoms with E-state index in [1.807, 2.05) is 12.1 Å². The Morgan fingerprint density at radius 3 is 1.67 bits per heavy atom. The van der Waals surface area contributed by atoms with Crippen LogP contribution >= 0.6 is 0 Å². The first kappa shape index (κ1) is 22.5. The van der Waals surface area contributed by atoms with Crippen LogP contribution in [0.1, 0.15) is 84.9 Å². The molecule has 0 aliphatic heterocycles. The van der Waals surface area contributed by atoms with Crippen LogP contribution in [0.4, 0.5) is 0 Å². The van der Waals surface area contributed by atoms with Crippen molar-refractivity contribution in [3.8, 4) is 5.75 Å². The zero-order valence-corrected chi connectivity index (χ0v) is 17.1. The Labute approximate surface area is 148 Å². The van der Waals surface area contributed by atoms with Crippen LogP contribution in [-0.4, -0.2) is 18.1 Å². The second-order valence-electron chi connectivity index (χ2n) is 8.42. The van der Waals surface area contributed by atoms with E-state index in [0.717, 1.165) is 16.7 Å². The zero-order chi connectivity index (χ0) is 19.1. The van der Waals surface area contributed by atoms with Crippen molar-refractivity contribution >= 4 is 5.91 Å². The van der Waals surface area contributed by atoms with Gasteiger partial charge in [-0.2, -0.15) is 0 Å². The van der Waals surface area contributed by atoms with Gasteiger partial charge in [-0.05, 0) is 33.9 Å². The number of phenolic OH excluding ortho intramolecular Hbond substituents is 1. The second kappa shape index (κ2) is 9.10. The van der Waals surface area contributed by atoms with Gasteiger partial charge in [-0.15, -0.1) is 0 Å². The predicted octanol–water partition coefficient (Wildman–Crippen LogP) is 5.08. The fourth-order valence-electron chi connectivity index (χ4n) is 2.36. The molecule has 0 bridgehead atoms. The molecule has 0 saturated heterocycles. The highest BCUT2D eigenvalue weighted by atomic mass is 16.3. The van der Waals surface area contributed by atoms with E-state index in [-0.39, 0.29) is 16.7 Å². The lowest BCUT2D eigenvalue weighted by Gasteiger charge is -2.28. The standard InChI is InChI=1S/C18H29NO2.C3H8/c1-17(2,3)13-10-12(8-9-15(20)19-7)11-14(16(13)21)18(4,5)6;1-3-2/h10-11,21H,8-9H2,1-7H3,(H,19,20);3H2,1-2H3. The van der Waals surface area contributed by atoms with E-state index >= 15 is 0 Å². The molecule has 0 unspecified atom stereocenters. The number of carbonyl (C=O) groups excluding carboxylic acids is 1. The molecule has 0 atom stereocenters. The Morgan fingerprint density at radius 1 is 1.00 bits per heavy atom. The van der Waals surface area contributed by atoms with Crippen molar-refractivity contribution in [1.82, 2.24) is 5.32 Å². The molecule has 0 saturated carbocycles. The summed E-state index contributed by atoms with van der Waals surface area (Å²) in [5, 5.41) is 13.3. The minimum absolute atomic E-state index is 0.0395. The number of aryl methyl sites for hydroxylation is 1. The molecule has 3 nitrogen and oxygen atoms in total. The van der Waals surface area contributed by atoms with Crippen molar-refractivity contribution in [3.05, 3.63) is 28.8 Å². The largest absolute Gasteiger partial charge is 0.507 e. The molecule has 0 heterocycles. The molecule has 0 spiro atoms. The predicted molar refractivity (Wildman–Crippen MR) is 104 cm³/mol. The summed E-state index contributed by atoms with van der Waals surface area (Å²) in [5.74, 6) is 0.427. The number of rotatable bonds is 3. The van der Waals surface area contributed by atoms with Gasteiger partial charge in [0.2, 0.25) is 5.91 Å². The van der Waals surface area contributed by atoms with Gasteiger partial charge in [0.25, 0.3) is 0 Å². The van der Waals surface area contributed by atoms with Crippen molar-refractivity contribution in [1.29, 1.82) is 0 Å². The summed E-state index contributed by atoms with van der Waals surface area (Å²) in [4.78, 5) is 11.5. The number of hydrogen-bond donors (Lipinski definition) is 2. The summed E-state index contributed by atoms with van der Waals surface area (Å²) >= 11 is 0. The molecule has 3 heteroatoms. The highest BCUT2D eigenvalue weighted by Gasteiger charge is 2.26. The van der Waals surface area contributed by atoms with Gasteiger partial charge in [0.15, 0.2) is 0 Å². The van der Waals surface area contributed by atoms with Gasteiger partial charge < -0.3 is 10.4 Å². The topological polar surface area (TPSA) is 49.3 Å². The number of hydrogen-bond acceptors (Lipinski definition) is 2. The van der Waals surface area contributed by atoms with Crippen molar-refractivity contribution in [3.63, 3.8) is 0 Å². The Hall–Kier alpha value is -1.51. The third-order valence-electron chi connectivity index (χ3n) is 3.71. The molecule has 0 aliphatic rings. The number of amides is 1. The normalized spacial score (nSPS) is 11.5. The van der Waals surface area contributed by atoms with Crippen LogP contribution in [0, 0.1) is 0 Å². The molecular weight excluding hydrogens is 298 g/mol. The van der Waals surface area contributed by atoms with Crippen molar-refractivity contribution in [2.75, 3.05) is 7.05 Å². The Morgan fingerprint density at radius 2 is 1.38 bits per heavy atom.